The molecule has 1 aliphatic carbocycles. The van der Waals surface area contributed by atoms with Crippen LogP contribution in [-0.4, -0.2) is 23.9 Å². The summed E-state index contributed by atoms with van der Waals surface area (Å²) in [6, 6.07) is 14.3. The van der Waals surface area contributed by atoms with Gasteiger partial charge in [0.1, 0.15) is 17.6 Å². The van der Waals surface area contributed by atoms with Gasteiger partial charge in [-0.2, -0.15) is 0 Å². The molecule has 7 heteroatoms. The number of benzene rings is 2. The largest absolute Gasteiger partial charge is 0.497 e. The molecule has 0 radical (unpaired) electrons. The van der Waals surface area contributed by atoms with Crippen LogP contribution < -0.4 is 20.5 Å². The summed E-state index contributed by atoms with van der Waals surface area (Å²) >= 11 is 0. The topological polar surface area (TPSA) is 104 Å². The number of primary amides is 1. The highest BCUT2D eigenvalue weighted by atomic mass is 16.5. The summed E-state index contributed by atoms with van der Waals surface area (Å²) in [4.78, 5) is 27.9. The summed E-state index contributed by atoms with van der Waals surface area (Å²) in [6.45, 7) is 0. The molecule has 30 heavy (non-hydrogen) atoms. The van der Waals surface area contributed by atoms with Crippen LogP contribution in [0.4, 0.5) is 5.69 Å². The van der Waals surface area contributed by atoms with Crippen LogP contribution in [-0.2, 0) is 6.42 Å². The van der Waals surface area contributed by atoms with Gasteiger partial charge in [-0.15, -0.1) is 0 Å². The zero-order chi connectivity index (χ0) is 21.1. The molecule has 4 rings (SSSR count). The Hall–Kier alpha value is -3.87. The number of fused-ring (bicyclic) bond motifs is 1. The number of pyridine rings is 1. The summed E-state index contributed by atoms with van der Waals surface area (Å²) in [5.41, 5.74) is 9.02. The number of methoxy groups -OCH3 is 1. The molecule has 0 bridgehead atoms. The minimum absolute atomic E-state index is 0.192. The fourth-order valence-corrected chi connectivity index (χ4v) is 3.49. The summed E-state index contributed by atoms with van der Waals surface area (Å²) in [5, 5.41) is 2.93. The van der Waals surface area contributed by atoms with Gasteiger partial charge < -0.3 is 20.5 Å². The first-order chi connectivity index (χ1) is 14.5. The third-order valence-electron chi connectivity index (χ3n) is 5.05. The number of rotatable bonds is 6. The Kier molecular flexibility index (Phi) is 5.34. The van der Waals surface area contributed by atoms with Gasteiger partial charge in [-0.1, -0.05) is 6.07 Å². The van der Waals surface area contributed by atoms with Crippen LogP contribution in [0.3, 0.4) is 0 Å². The lowest BCUT2D eigenvalue weighted by molar-refractivity contribution is 0.0996. The van der Waals surface area contributed by atoms with Crippen molar-refractivity contribution in [3.63, 3.8) is 0 Å². The van der Waals surface area contributed by atoms with Gasteiger partial charge in [-0.25, -0.2) is 0 Å². The summed E-state index contributed by atoms with van der Waals surface area (Å²) in [6.07, 6.45) is 4.44. The highest BCUT2D eigenvalue weighted by Gasteiger charge is 2.25. The molecular formula is C23H21N3O4. The number of nitrogens with zero attached hydrogens (tertiary/aromatic N) is 1. The molecule has 1 aromatic heterocycles. The fourth-order valence-electron chi connectivity index (χ4n) is 3.49. The maximum absolute atomic E-state index is 12.6. The number of hydrogen-bond donors (Lipinski definition) is 2. The average molecular weight is 403 g/mol. The van der Waals surface area contributed by atoms with Gasteiger partial charge in [0.05, 0.1) is 18.9 Å². The van der Waals surface area contributed by atoms with Crippen molar-refractivity contribution in [3.05, 3.63) is 83.2 Å². The molecule has 152 valence electrons. The first-order valence-electron chi connectivity index (χ1n) is 9.53. The van der Waals surface area contributed by atoms with Crippen LogP contribution in [0.25, 0.3) is 0 Å². The van der Waals surface area contributed by atoms with Crippen LogP contribution >= 0.6 is 0 Å². The maximum Gasteiger partial charge on any atom is 0.255 e. The molecule has 1 aliphatic rings. The number of nitrogens with one attached hydrogen (secondary N) is 1. The highest BCUT2D eigenvalue weighted by molar-refractivity contribution is 6.04. The van der Waals surface area contributed by atoms with Gasteiger partial charge in [-0.3, -0.25) is 14.6 Å². The van der Waals surface area contributed by atoms with Gasteiger partial charge >= 0.3 is 0 Å². The molecular weight excluding hydrogens is 382 g/mol. The molecule has 3 N–H and O–H groups in total. The molecule has 2 amide bonds. The Morgan fingerprint density at radius 3 is 2.57 bits per heavy atom. The highest BCUT2D eigenvalue weighted by Crippen LogP contribution is 2.36. The second-order valence-corrected chi connectivity index (χ2v) is 7.01. The first kappa shape index (κ1) is 19.4. The van der Waals surface area contributed by atoms with Crippen LogP contribution in [0, 0.1) is 0 Å². The normalized spacial score (nSPS) is 14.6. The second kappa shape index (κ2) is 8.24. The molecule has 1 atom stereocenters. The summed E-state index contributed by atoms with van der Waals surface area (Å²) < 4.78 is 11.2. The second-order valence-electron chi connectivity index (χ2n) is 7.01. The number of carbonyl (C=O) groups is 2. The number of aromatic nitrogens is 1. The van der Waals surface area contributed by atoms with Crippen LogP contribution in [0.1, 0.15) is 44.4 Å². The summed E-state index contributed by atoms with van der Waals surface area (Å²) in [5.74, 6) is 0.422. The summed E-state index contributed by atoms with van der Waals surface area (Å²) in [7, 11) is 1.58. The van der Waals surface area contributed by atoms with Gasteiger partial charge in [0, 0.05) is 17.4 Å². The molecule has 3 aromatic rings. The van der Waals surface area contributed by atoms with E-state index in [0.717, 1.165) is 18.4 Å². The lowest BCUT2D eigenvalue weighted by Crippen LogP contribution is -2.13. The zero-order valence-corrected chi connectivity index (χ0v) is 16.4. The van der Waals surface area contributed by atoms with E-state index in [2.05, 4.69) is 10.3 Å². The Bertz CT molecular complexity index is 1100. The number of ether oxygens (including phenoxy) is 2. The number of hydrogen-bond acceptors (Lipinski definition) is 5. The van der Waals surface area contributed by atoms with Gasteiger partial charge in [0.2, 0.25) is 5.91 Å². The third kappa shape index (κ3) is 4.10. The van der Waals surface area contributed by atoms with E-state index in [-0.39, 0.29) is 12.0 Å². The van der Waals surface area contributed by atoms with Crippen LogP contribution in [0.15, 0.2) is 60.9 Å². The lowest BCUT2D eigenvalue weighted by atomic mass is 10.1. The van der Waals surface area contributed by atoms with Gasteiger partial charge in [-0.05, 0) is 66.4 Å². The maximum atomic E-state index is 12.6. The van der Waals surface area contributed by atoms with Crippen LogP contribution in [0.2, 0.25) is 0 Å². The van der Waals surface area contributed by atoms with Crippen molar-refractivity contribution in [1.29, 1.82) is 0 Å². The predicted octanol–water partition coefficient (Wildman–Crippen LogP) is 3.51. The number of nitrogens with two attached hydrogens (primary N) is 1. The van der Waals surface area contributed by atoms with Crippen molar-refractivity contribution in [2.45, 2.75) is 18.9 Å². The van der Waals surface area contributed by atoms with E-state index in [1.807, 2.05) is 18.2 Å². The van der Waals surface area contributed by atoms with Crippen molar-refractivity contribution in [2.75, 3.05) is 12.4 Å². The lowest BCUT2D eigenvalue weighted by Gasteiger charge is -2.16. The van der Waals surface area contributed by atoms with Gasteiger partial charge in [0.25, 0.3) is 5.91 Å². The van der Waals surface area contributed by atoms with E-state index >= 15 is 0 Å². The van der Waals surface area contributed by atoms with Crippen molar-refractivity contribution in [1.82, 2.24) is 4.98 Å². The molecule has 0 aliphatic heterocycles. The first-order valence-corrected chi connectivity index (χ1v) is 9.53. The van der Waals surface area contributed by atoms with E-state index in [1.54, 1.807) is 43.6 Å². The Balaban J connectivity index is 1.50. The van der Waals surface area contributed by atoms with E-state index in [1.165, 1.54) is 11.8 Å². The molecule has 0 saturated heterocycles. The monoisotopic (exact) mass is 403 g/mol. The Morgan fingerprint density at radius 2 is 1.83 bits per heavy atom. The SMILES string of the molecule is COc1ccc(C(=O)Nc2ccc3c(c2)C(Oc2cncc(C(N)=O)c2)CC3)cc1. The van der Waals surface area contributed by atoms with Crippen molar-refractivity contribution < 1.29 is 19.1 Å². The number of amides is 2. The number of aryl methyl sites for hydroxylation is 1. The Morgan fingerprint density at radius 1 is 1.03 bits per heavy atom. The third-order valence-corrected chi connectivity index (χ3v) is 5.05. The average Bonchev–Trinajstić information content (AvgIpc) is 3.16. The molecule has 7 nitrogen and oxygen atoms in total. The molecule has 0 spiro atoms. The fraction of sp³-hybridized carbons (Fsp3) is 0.174. The van der Waals surface area contributed by atoms with E-state index in [0.29, 0.717) is 28.3 Å². The van der Waals surface area contributed by atoms with Crippen LogP contribution in [0.5, 0.6) is 11.5 Å². The molecule has 1 unspecified atom stereocenters. The zero-order valence-electron chi connectivity index (χ0n) is 16.4. The molecule has 2 aromatic carbocycles. The molecule has 0 fully saturated rings. The minimum atomic E-state index is -0.552. The molecule has 1 heterocycles. The Labute approximate surface area is 173 Å². The predicted molar refractivity (Wildman–Crippen MR) is 112 cm³/mol. The molecule has 0 saturated carbocycles. The van der Waals surface area contributed by atoms with Gasteiger partial charge in [0.15, 0.2) is 0 Å². The smallest absolute Gasteiger partial charge is 0.255 e. The standard InChI is InChI=1S/C23H21N3O4/c1-29-18-7-3-15(4-8-18)23(28)26-17-6-2-14-5-9-21(20(14)11-17)30-19-10-16(22(24)27)12-25-13-19/h2-4,6-8,10-13,21H,5,9H2,1H3,(H2,24,27)(H,26,28). The van der Waals surface area contributed by atoms with E-state index < -0.39 is 5.91 Å². The van der Waals surface area contributed by atoms with E-state index in [4.69, 9.17) is 15.2 Å². The van der Waals surface area contributed by atoms with Crippen molar-refractivity contribution in [2.24, 2.45) is 5.73 Å². The van der Waals surface area contributed by atoms with Crippen molar-refractivity contribution in [3.8, 4) is 11.5 Å². The number of anilines is 1. The quantitative estimate of drug-likeness (QED) is 0.656. The number of carbonyl (C=O) groups excluding carboxylic acids is 2. The minimum Gasteiger partial charge on any atom is -0.497 e. The van der Waals surface area contributed by atoms with E-state index in [9.17, 15) is 9.59 Å². The van der Waals surface area contributed by atoms with Crippen molar-refractivity contribution >= 4 is 17.5 Å².